The van der Waals surface area contributed by atoms with Gasteiger partial charge in [0.2, 0.25) is 5.91 Å². The Labute approximate surface area is 153 Å². The molecule has 1 N–H and O–H groups in total. The van der Waals surface area contributed by atoms with E-state index >= 15 is 0 Å². The van der Waals surface area contributed by atoms with Gasteiger partial charge in [-0.1, -0.05) is 44.2 Å². The summed E-state index contributed by atoms with van der Waals surface area (Å²) in [5, 5.41) is 13.8. The zero-order valence-corrected chi connectivity index (χ0v) is 15.1. The zero-order valence-electron chi connectivity index (χ0n) is 15.1. The highest BCUT2D eigenvalue weighted by molar-refractivity contribution is 5.89. The molecule has 0 bridgehead atoms. The van der Waals surface area contributed by atoms with Gasteiger partial charge in [-0.25, -0.2) is 14.7 Å². The van der Waals surface area contributed by atoms with Crippen LogP contribution < -0.4 is 5.32 Å². The SMILES string of the molecule is CC(C)C[C@H](NC(=O)OCc1ccccc1)C(=O)N1CCC[C@H]1C([O])=O. The second-order valence-corrected chi connectivity index (χ2v) is 6.90. The van der Waals surface area contributed by atoms with E-state index in [-0.39, 0.29) is 12.5 Å². The number of likely N-dealkylation sites (tertiary alicyclic amines) is 1. The van der Waals surface area contributed by atoms with E-state index in [0.29, 0.717) is 25.8 Å². The first-order valence-corrected chi connectivity index (χ1v) is 8.87. The molecule has 1 aliphatic heterocycles. The minimum Gasteiger partial charge on any atom is -0.445 e. The van der Waals surface area contributed by atoms with Crippen LogP contribution in [0.1, 0.15) is 38.7 Å². The lowest BCUT2D eigenvalue weighted by atomic mass is 10.0. The highest BCUT2D eigenvalue weighted by atomic mass is 16.5. The van der Waals surface area contributed by atoms with E-state index in [0.717, 1.165) is 5.56 Å². The van der Waals surface area contributed by atoms with Gasteiger partial charge in [-0.3, -0.25) is 4.79 Å². The molecule has 141 valence electrons. The zero-order chi connectivity index (χ0) is 19.1. The molecule has 1 aromatic rings. The van der Waals surface area contributed by atoms with Crippen LogP contribution in [0.2, 0.25) is 0 Å². The summed E-state index contributed by atoms with van der Waals surface area (Å²) in [4.78, 5) is 37.4. The molecule has 2 amide bonds. The maximum Gasteiger partial charge on any atom is 0.408 e. The Kier molecular flexibility index (Phi) is 7.00. The molecule has 26 heavy (non-hydrogen) atoms. The lowest BCUT2D eigenvalue weighted by Gasteiger charge is -2.27. The minimum atomic E-state index is -1.26. The molecular formula is C19H25N2O5. The van der Waals surface area contributed by atoms with Gasteiger partial charge in [0.05, 0.1) is 0 Å². The highest BCUT2D eigenvalue weighted by Gasteiger charge is 2.38. The quantitative estimate of drug-likeness (QED) is 0.806. The first-order valence-electron chi connectivity index (χ1n) is 8.87. The summed E-state index contributed by atoms with van der Waals surface area (Å²) in [6.45, 7) is 4.31. The van der Waals surface area contributed by atoms with Gasteiger partial charge in [-0.15, -0.1) is 0 Å². The summed E-state index contributed by atoms with van der Waals surface area (Å²) in [7, 11) is 0. The highest BCUT2D eigenvalue weighted by Crippen LogP contribution is 2.20. The van der Waals surface area contributed by atoms with Crippen LogP contribution in [-0.2, 0) is 26.0 Å². The fraction of sp³-hybridized carbons (Fsp3) is 0.526. The van der Waals surface area contributed by atoms with Crippen LogP contribution in [0.25, 0.3) is 0 Å². The van der Waals surface area contributed by atoms with Gasteiger partial charge in [0.15, 0.2) is 0 Å². The standard InChI is InChI=1S/C19H25N2O5/c1-13(2)11-15(17(22)21-10-6-9-16(21)18(23)24)20-19(25)26-12-14-7-4-3-5-8-14/h3-5,7-8,13,15-16H,6,9-12H2,1-2H3,(H,20,25)/t15-,16-/m0/s1. The normalized spacial score (nSPS) is 17.8. The van der Waals surface area contributed by atoms with Gasteiger partial charge in [0.1, 0.15) is 18.7 Å². The molecule has 0 aliphatic carbocycles. The second-order valence-electron chi connectivity index (χ2n) is 6.90. The van der Waals surface area contributed by atoms with Crippen LogP contribution in [0.5, 0.6) is 0 Å². The number of nitrogens with zero attached hydrogens (tertiary/aromatic N) is 1. The van der Waals surface area contributed by atoms with E-state index in [2.05, 4.69) is 5.32 Å². The van der Waals surface area contributed by atoms with Gasteiger partial charge in [-0.05, 0) is 30.7 Å². The van der Waals surface area contributed by atoms with Crippen LogP contribution in [0.4, 0.5) is 4.79 Å². The molecule has 2 rings (SSSR count). The van der Waals surface area contributed by atoms with Gasteiger partial charge in [0.25, 0.3) is 0 Å². The molecule has 2 atom stereocenters. The van der Waals surface area contributed by atoms with Crippen LogP contribution in [-0.4, -0.2) is 41.5 Å². The summed E-state index contributed by atoms with van der Waals surface area (Å²) in [6.07, 6.45) is 0.685. The van der Waals surface area contributed by atoms with Crippen molar-refractivity contribution >= 4 is 18.0 Å². The topological polar surface area (TPSA) is 95.6 Å². The van der Waals surface area contributed by atoms with E-state index in [9.17, 15) is 19.5 Å². The fourth-order valence-electron chi connectivity index (χ4n) is 3.08. The number of alkyl carbamates (subject to hydrolysis) is 1. The first kappa shape index (κ1) is 19.8. The number of rotatable bonds is 7. The number of hydrogen-bond donors (Lipinski definition) is 1. The third kappa shape index (κ3) is 5.47. The Bertz CT molecular complexity index is 632. The van der Waals surface area contributed by atoms with E-state index in [4.69, 9.17) is 4.74 Å². The van der Waals surface area contributed by atoms with Crippen molar-refractivity contribution in [2.75, 3.05) is 6.54 Å². The predicted molar refractivity (Wildman–Crippen MR) is 93.4 cm³/mol. The van der Waals surface area contributed by atoms with Gasteiger partial charge < -0.3 is 15.0 Å². The molecular weight excluding hydrogens is 336 g/mol. The Balaban J connectivity index is 1.98. The molecule has 1 aromatic carbocycles. The van der Waals surface area contributed by atoms with Gasteiger partial charge >= 0.3 is 12.1 Å². The lowest BCUT2D eigenvalue weighted by molar-refractivity contribution is -0.153. The molecule has 0 saturated carbocycles. The van der Waals surface area contributed by atoms with Crippen molar-refractivity contribution in [2.45, 2.75) is 51.8 Å². The van der Waals surface area contributed by atoms with Crippen molar-refractivity contribution in [1.29, 1.82) is 0 Å². The molecule has 0 spiro atoms. The third-order valence-electron chi connectivity index (χ3n) is 4.32. The van der Waals surface area contributed by atoms with E-state index < -0.39 is 30.1 Å². The molecule has 7 nitrogen and oxygen atoms in total. The average molecular weight is 361 g/mol. The number of ether oxygens (including phenoxy) is 1. The lowest BCUT2D eigenvalue weighted by Crippen LogP contribution is -2.52. The van der Waals surface area contributed by atoms with Crippen molar-refractivity contribution in [3.05, 3.63) is 35.9 Å². The smallest absolute Gasteiger partial charge is 0.408 e. The minimum absolute atomic E-state index is 0.0979. The van der Waals surface area contributed by atoms with Crippen molar-refractivity contribution in [3.8, 4) is 0 Å². The molecule has 1 heterocycles. The maximum absolute atomic E-state index is 12.8. The van der Waals surface area contributed by atoms with E-state index in [1.807, 2.05) is 44.2 Å². The molecule has 1 radical (unpaired) electrons. The molecule has 0 unspecified atom stereocenters. The Morgan fingerprint density at radius 3 is 2.54 bits per heavy atom. The predicted octanol–water partition coefficient (Wildman–Crippen LogP) is 2.28. The summed E-state index contributed by atoms with van der Waals surface area (Å²) >= 11 is 0. The number of benzene rings is 1. The Morgan fingerprint density at radius 2 is 1.92 bits per heavy atom. The fourth-order valence-corrected chi connectivity index (χ4v) is 3.08. The number of carbonyl (C=O) groups excluding carboxylic acids is 3. The van der Waals surface area contributed by atoms with Gasteiger partial charge in [-0.2, -0.15) is 0 Å². The van der Waals surface area contributed by atoms with Crippen LogP contribution in [0.3, 0.4) is 0 Å². The molecule has 0 aromatic heterocycles. The summed E-state index contributed by atoms with van der Waals surface area (Å²) < 4.78 is 5.18. The summed E-state index contributed by atoms with van der Waals surface area (Å²) in [5.74, 6) is -1.52. The average Bonchev–Trinajstić information content (AvgIpc) is 3.09. The molecule has 1 aliphatic rings. The van der Waals surface area contributed by atoms with Gasteiger partial charge in [0, 0.05) is 6.54 Å². The number of nitrogens with one attached hydrogen (secondary N) is 1. The number of carbonyl (C=O) groups is 3. The monoisotopic (exact) mass is 361 g/mol. The summed E-state index contributed by atoms with van der Waals surface area (Å²) in [6, 6.07) is 7.46. The molecule has 7 heteroatoms. The summed E-state index contributed by atoms with van der Waals surface area (Å²) in [5.41, 5.74) is 0.839. The third-order valence-corrected chi connectivity index (χ3v) is 4.32. The molecule has 1 saturated heterocycles. The second kappa shape index (κ2) is 9.22. The Morgan fingerprint density at radius 1 is 1.23 bits per heavy atom. The van der Waals surface area contributed by atoms with E-state index in [1.165, 1.54) is 4.90 Å². The molecule has 1 fully saturated rings. The Hall–Kier alpha value is -2.57. The maximum atomic E-state index is 12.8. The van der Waals surface area contributed by atoms with Crippen LogP contribution >= 0.6 is 0 Å². The van der Waals surface area contributed by atoms with Crippen molar-refractivity contribution < 1.29 is 24.2 Å². The van der Waals surface area contributed by atoms with Crippen molar-refractivity contribution in [2.24, 2.45) is 5.92 Å². The largest absolute Gasteiger partial charge is 0.445 e. The van der Waals surface area contributed by atoms with E-state index in [1.54, 1.807) is 0 Å². The van der Waals surface area contributed by atoms with Crippen molar-refractivity contribution in [3.63, 3.8) is 0 Å². The number of hydrogen-bond acceptors (Lipinski definition) is 4. The van der Waals surface area contributed by atoms with Crippen LogP contribution in [0.15, 0.2) is 30.3 Å². The van der Waals surface area contributed by atoms with Crippen LogP contribution in [0, 0.1) is 5.92 Å². The van der Waals surface area contributed by atoms with Crippen molar-refractivity contribution in [1.82, 2.24) is 10.2 Å². The first-order chi connectivity index (χ1) is 12.4. The number of amides is 2.